The van der Waals surface area contributed by atoms with E-state index in [1.165, 1.54) is 16.9 Å². The Bertz CT molecular complexity index is 836. The van der Waals surface area contributed by atoms with E-state index in [1.807, 2.05) is 35.7 Å². The number of thiazole rings is 1. The molecule has 2 N–H and O–H groups in total. The van der Waals surface area contributed by atoms with Crippen LogP contribution in [0.25, 0.3) is 11.3 Å². The van der Waals surface area contributed by atoms with Crippen LogP contribution in [-0.2, 0) is 6.42 Å². The molecular formula is C18H18N4OS2. The topological polar surface area (TPSA) is 59.1 Å². The van der Waals surface area contributed by atoms with Gasteiger partial charge < -0.3 is 15.4 Å². The van der Waals surface area contributed by atoms with Crippen LogP contribution in [-0.4, -0.2) is 28.7 Å². The van der Waals surface area contributed by atoms with Crippen LogP contribution in [0.5, 0.6) is 5.75 Å². The minimum absolute atomic E-state index is 0.565. The van der Waals surface area contributed by atoms with Gasteiger partial charge in [-0.15, -0.1) is 11.3 Å². The van der Waals surface area contributed by atoms with E-state index in [0.717, 1.165) is 35.1 Å². The van der Waals surface area contributed by atoms with E-state index in [1.54, 1.807) is 19.5 Å². The maximum Gasteiger partial charge on any atom is 0.189 e. The van der Waals surface area contributed by atoms with Gasteiger partial charge >= 0.3 is 0 Å². The van der Waals surface area contributed by atoms with Crippen molar-refractivity contribution in [3.05, 3.63) is 59.7 Å². The summed E-state index contributed by atoms with van der Waals surface area (Å²) in [6.07, 6.45) is 4.40. The fraction of sp³-hybridized carbons (Fsp3) is 0.167. The van der Waals surface area contributed by atoms with Crippen LogP contribution in [0.4, 0.5) is 5.13 Å². The van der Waals surface area contributed by atoms with Gasteiger partial charge in [0, 0.05) is 29.9 Å². The molecule has 3 aromatic rings. The maximum atomic E-state index is 5.33. The summed E-state index contributed by atoms with van der Waals surface area (Å²) in [5.74, 6) is 0.865. The molecule has 5 nitrogen and oxygen atoms in total. The molecule has 0 amide bonds. The molecule has 2 heterocycles. The van der Waals surface area contributed by atoms with Crippen LogP contribution < -0.4 is 15.4 Å². The van der Waals surface area contributed by atoms with E-state index >= 15 is 0 Å². The number of ether oxygens (including phenoxy) is 1. The lowest BCUT2D eigenvalue weighted by molar-refractivity contribution is 0.414. The lowest BCUT2D eigenvalue weighted by Crippen LogP contribution is -2.30. The monoisotopic (exact) mass is 370 g/mol. The third-order valence-corrected chi connectivity index (χ3v) is 4.52. The smallest absolute Gasteiger partial charge is 0.189 e. The number of aromatic nitrogens is 2. The average molecular weight is 371 g/mol. The zero-order valence-corrected chi connectivity index (χ0v) is 15.4. The van der Waals surface area contributed by atoms with Crippen molar-refractivity contribution in [1.82, 2.24) is 15.3 Å². The molecule has 0 spiro atoms. The third kappa shape index (κ3) is 4.98. The molecule has 0 bridgehead atoms. The highest BCUT2D eigenvalue weighted by atomic mass is 32.1. The van der Waals surface area contributed by atoms with E-state index in [0.29, 0.717) is 5.11 Å². The lowest BCUT2D eigenvalue weighted by Gasteiger charge is -2.09. The Balaban J connectivity index is 1.49. The van der Waals surface area contributed by atoms with E-state index < -0.39 is 0 Å². The number of hydrogen-bond acceptors (Lipinski definition) is 5. The van der Waals surface area contributed by atoms with Gasteiger partial charge in [-0.25, -0.2) is 4.98 Å². The summed E-state index contributed by atoms with van der Waals surface area (Å²) in [5.41, 5.74) is 3.08. The fourth-order valence-corrected chi connectivity index (χ4v) is 3.26. The summed E-state index contributed by atoms with van der Waals surface area (Å²) in [6, 6.07) is 11.9. The first kappa shape index (κ1) is 17.3. The van der Waals surface area contributed by atoms with Crippen molar-refractivity contribution in [2.45, 2.75) is 6.42 Å². The van der Waals surface area contributed by atoms with Gasteiger partial charge in [0.15, 0.2) is 10.2 Å². The predicted molar refractivity (Wildman–Crippen MR) is 106 cm³/mol. The van der Waals surface area contributed by atoms with Crippen LogP contribution in [0, 0.1) is 0 Å². The minimum atomic E-state index is 0.565. The number of nitrogens with zero attached hydrogens (tertiary/aromatic N) is 2. The number of hydrogen-bond donors (Lipinski definition) is 2. The molecule has 3 rings (SSSR count). The van der Waals surface area contributed by atoms with E-state index in [4.69, 9.17) is 17.0 Å². The zero-order valence-electron chi connectivity index (χ0n) is 13.7. The molecule has 0 saturated carbocycles. The Morgan fingerprint density at radius 2 is 2.20 bits per heavy atom. The summed E-state index contributed by atoms with van der Waals surface area (Å²) >= 11 is 6.85. The molecule has 0 atom stereocenters. The molecule has 1 aromatic carbocycles. The first-order valence-electron chi connectivity index (χ1n) is 7.78. The van der Waals surface area contributed by atoms with Gasteiger partial charge in [-0.3, -0.25) is 4.98 Å². The maximum absolute atomic E-state index is 5.33. The van der Waals surface area contributed by atoms with Gasteiger partial charge in [-0.2, -0.15) is 0 Å². The van der Waals surface area contributed by atoms with Crippen molar-refractivity contribution in [2.75, 3.05) is 19.0 Å². The van der Waals surface area contributed by atoms with Crippen LogP contribution in [0.15, 0.2) is 54.2 Å². The third-order valence-electron chi connectivity index (χ3n) is 3.52. The van der Waals surface area contributed by atoms with Gasteiger partial charge in [0.05, 0.1) is 12.8 Å². The zero-order chi connectivity index (χ0) is 17.5. The number of rotatable bonds is 6. The van der Waals surface area contributed by atoms with Crippen LogP contribution in [0.2, 0.25) is 0 Å². The number of pyridine rings is 1. The van der Waals surface area contributed by atoms with Crippen LogP contribution in [0.1, 0.15) is 5.56 Å². The molecule has 0 fully saturated rings. The van der Waals surface area contributed by atoms with Crippen molar-refractivity contribution >= 4 is 33.8 Å². The molecule has 0 unspecified atom stereocenters. The Kier molecular flexibility index (Phi) is 5.92. The molecule has 0 aliphatic heterocycles. The van der Waals surface area contributed by atoms with Crippen LogP contribution >= 0.6 is 23.6 Å². The highest BCUT2D eigenvalue weighted by molar-refractivity contribution is 7.80. The van der Waals surface area contributed by atoms with Crippen molar-refractivity contribution in [3.63, 3.8) is 0 Å². The van der Waals surface area contributed by atoms with Crippen molar-refractivity contribution in [1.29, 1.82) is 0 Å². The van der Waals surface area contributed by atoms with Gasteiger partial charge in [-0.1, -0.05) is 12.1 Å². The Morgan fingerprint density at radius 1 is 1.28 bits per heavy atom. The number of nitrogens with one attached hydrogen (secondary N) is 2. The lowest BCUT2D eigenvalue weighted by atomic mass is 10.1. The second-order valence-corrected chi connectivity index (χ2v) is 6.53. The Labute approximate surface area is 156 Å². The molecular weight excluding hydrogens is 352 g/mol. The standard InChI is InChI=1S/C18H18N4OS2/c1-23-15-6-2-4-13(10-15)7-9-20-17(24)22-18-21-16(12-25-18)14-5-3-8-19-11-14/h2-6,8,10-12H,7,9H2,1H3,(H2,20,21,22,24). The highest BCUT2D eigenvalue weighted by Gasteiger charge is 2.06. The second-order valence-electron chi connectivity index (χ2n) is 5.26. The average Bonchev–Trinajstić information content (AvgIpc) is 3.11. The molecule has 25 heavy (non-hydrogen) atoms. The first-order chi connectivity index (χ1) is 12.2. The minimum Gasteiger partial charge on any atom is -0.497 e. The molecule has 0 aliphatic rings. The van der Waals surface area contributed by atoms with Gasteiger partial charge in [-0.05, 0) is 48.5 Å². The molecule has 7 heteroatoms. The summed E-state index contributed by atoms with van der Waals surface area (Å²) in [5, 5.41) is 9.63. The molecule has 0 saturated heterocycles. The SMILES string of the molecule is COc1cccc(CCNC(=S)Nc2nc(-c3cccnc3)cs2)c1. The number of methoxy groups -OCH3 is 1. The first-order valence-corrected chi connectivity index (χ1v) is 9.07. The largest absolute Gasteiger partial charge is 0.497 e. The van der Waals surface area contributed by atoms with Gasteiger partial charge in [0.1, 0.15) is 5.75 Å². The van der Waals surface area contributed by atoms with Crippen molar-refractivity contribution < 1.29 is 4.74 Å². The molecule has 0 aliphatic carbocycles. The normalized spacial score (nSPS) is 10.3. The van der Waals surface area contributed by atoms with Crippen molar-refractivity contribution in [2.24, 2.45) is 0 Å². The van der Waals surface area contributed by atoms with Crippen LogP contribution in [0.3, 0.4) is 0 Å². The number of benzene rings is 1. The van der Waals surface area contributed by atoms with E-state index in [2.05, 4.69) is 26.7 Å². The highest BCUT2D eigenvalue weighted by Crippen LogP contribution is 2.23. The molecule has 128 valence electrons. The summed E-state index contributed by atoms with van der Waals surface area (Å²) < 4.78 is 5.23. The molecule has 0 radical (unpaired) electrons. The van der Waals surface area contributed by atoms with E-state index in [-0.39, 0.29) is 0 Å². The Hall–Kier alpha value is -2.51. The van der Waals surface area contributed by atoms with Gasteiger partial charge in [0.25, 0.3) is 0 Å². The summed E-state index contributed by atoms with van der Waals surface area (Å²) in [4.78, 5) is 8.64. The fourth-order valence-electron chi connectivity index (χ4n) is 2.27. The quantitative estimate of drug-likeness (QED) is 0.645. The van der Waals surface area contributed by atoms with E-state index in [9.17, 15) is 0 Å². The summed E-state index contributed by atoms with van der Waals surface area (Å²) in [6.45, 7) is 0.736. The predicted octanol–water partition coefficient (Wildman–Crippen LogP) is 3.74. The molecule has 2 aromatic heterocycles. The number of anilines is 1. The van der Waals surface area contributed by atoms with Crippen molar-refractivity contribution in [3.8, 4) is 17.0 Å². The second kappa shape index (κ2) is 8.55. The Morgan fingerprint density at radius 3 is 3.00 bits per heavy atom. The summed E-state index contributed by atoms with van der Waals surface area (Å²) in [7, 11) is 1.67. The van der Waals surface area contributed by atoms with Gasteiger partial charge in [0.2, 0.25) is 0 Å². The number of thiocarbonyl (C=S) groups is 1.